The zero-order valence-corrected chi connectivity index (χ0v) is 12.2. The minimum atomic E-state index is -4.45. The van der Waals surface area contributed by atoms with Gasteiger partial charge in [0.25, 0.3) is 0 Å². The molecule has 0 radical (unpaired) electrons. The highest BCUT2D eigenvalue weighted by atomic mass is 79.9. The monoisotopic (exact) mass is 347 g/mol. The normalized spacial score (nSPS) is 13.5. The van der Waals surface area contributed by atoms with Crippen LogP contribution in [0.4, 0.5) is 13.2 Å². The molecule has 1 unspecified atom stereocenters. The minimum Gasteiger partial charge on any atom is -0.320 e. The Morgan fingerprint density at radius 2 is 2.10 bits per heavy atom. The summed E-state index contributed by atoms with van der Waals surface area (Å²) in [4.78, 5) is 0. The number of hydrogen-bond donors (Lipinski definition) is 1. The average molecular weight is 348 g/mol. The summed E-state index contributed by atoms with van der Waals surface area (Å²) >= 11 is 3.05. The lowest BCUT2D eigenvalue weighted by Gasteiger charge is -2.17. The van der Waals surface area contributed by atoms with Crippen LogP contribution >= 0.6 is 15.9 Å². The smallest absolute Gasteiger partial charge is 0.320 e. The Morgan fingerprint density at radius 1 is 1.40 bits per heavy atom. The van der Waals surface area contributed by atoms with E-state index >= 15 is 0 Å². The number of nitrogens with two attached hydrogens (primary N) is 1. The number of aryl methyl sites for hydroxylation is 1. The lowest BCUT2D eigenvalue weighted by atomic mass is 9.97. The molecule has 0 saturated heterocycles. The zero-order chi connectivity index (χ0) is 14.9. The van der Waals surface area contributed by atoms with Gasteiger partial charge in [-0.05, 0) is 24.6 Å². The van der Waals surface area contributed by atoms with Crippen LogP contribution < -0.4 is 5.73 Å². The molecule has 0 aliphatic heterocycles. The van der Waals surface area contributed by atoms with Gasteiger partial charge in [0.2, 0.25) is 0 Å². The van der Waals surface area contributed by atoms with Crippen LogP contribution in [0.5, 0.6) is 0 Å². The van der Waals surface area contributed by atoms with E-state index in [0.29, 0.717) is 16.6 Å². The van der Waals surface area contributed by atoms with Gasteiger partial charge in [-0.2, -0.15) is 18.3 Å². The van der Waals surface area contributed by atoms with E-state index in [0.717, 1.165) is 6.07 Å². The first-order valence-corrected chi connectivity index (χ1v) is 6.76. The molecular weight excluding hydrogens is 335 g/mol. The second kappa shape index (κ2) is 5.57. The van der Waals surface area contributed by atoms with Crippen molar-refractivity contribution in [3.63, 3.8) is 0 Å². The number of nitrogens with zero attached hydrogens (tertiary/aromatic N) is 2. The van der Waals surface area contributed by atoms with E-state index < -0.39 is 17.8 Å². The van der Waals surface area contributed by atoms with Crippen LogP contribution in [-0.4, -0.2) is 9.78 Å². The maximum Gasteiger partial charge on any atom is 0.416 e. The van der Waals surface area contributed by atoms with E-state index in [1.54, 1.807) is 16.9 Å². The molecule has 1 heterocycles. The van der Waals surface area contributed by atoms with Gasteiger partial charge >= 0.3 is 6.18 Å². The predicted octanol–water partition coefficient (Wildman–Crippen LogP) is 3.73. The summed E-state index contributed by atoms with van der Waals surface area (Å²) in [5.41, 5.74) is 5.82. The van der Waals surface area contributed by atoms with Gasteiger partial charge in [0.15, 0.2) is 0 Å². The van der Waals surface area contributed by atoms with Crippen LogP contribution in [0.15, 0.2) is 35.1 Å². The molecular formula is C13H13BrF3N3. The molecule has 7 heteroatoms. The maximum absolute atomic E-state index is 13.1. The number of alkyl halides is 3. The fraction of sp³-hybridized carbons (Fsp3) is 0.308. The average Bonchev–Trinajstić information content (AvgIpc) is 2.85. The van der Waals surface area contributed by atoms with Crippen molar-refractivity contribution in [2.24, 2.45) is 5.73 Å². The van der Waals surface area contributed by atoms with E-state index in [4.69, 9.17) is 5.73 Å². The van der Waals surface area contributed by atoms with E-state index in [1.165, 1.54) is 12.3 Å². The minimum absolute atomic E-state index is 0.0383. The number of aromatic nitrogens is 2. The van der Waals surface area contributed by atoms with Gasteiger partial charge in [-0.25, -0.2) is 0 Å². The quantitative estimate of drug-likeness (QED) is 0.919. The largest absolute Gasteiger partial charge is 0.416 e. The van der Waals surface area contributed by atoms with E-state index in [-0.39, 0.29) is 5.56 Å². The Bertz CT molecular complexity index is 607. The molecule has 0 bridgehead atoms. The summed E-state index contributed by atoms with van der Waals surface area (Å²) in [7, 11) is 0. The van der Waals surface area contributed by atoms with E-state index in [1.807, 2.05) is 6.92 Å². The summed E-state index contributed by atoms with van der Waals surface area (Å²) in [6, 6.07) is 3.12. The molecule has 1 atom stereocenters. The number of benzene rings is 1. The molecule has 108 valence electrons. The molecule has 3 nitrogen and oxygen atoms in total. The van der Waals surface area contributed by atoms with Crippen LogP contribution in [0.3, 0.4) is 0 Å². The Kier molecular flexibility index (Phi) is 4.19. The Labute approximate surface area is 122 Å². The molecule has 0 saturated carbocycles. The Hall–Kier alpha value is -1.34. The van der Waals surface area contributed by atoms with E-state index in [9.17, 15) is 13.2 Å². The summed E-state index contributed by atoms with van der Waals surface area (Å²) < 4.78 is 41.2. The first-order valence-electron chi connectivity index (χ1n) is 5.97. The third-order valence-corrected chi connectivity index (χ3v) is 3.49. The SMILES string of the molecule is CCn1cc(C(N)c2ccc(Br)cc2C(F)(F)F)cn1. The maximum atomic E-state index is 13.1. The highest BCUT2D eigenvalue weighted by molar-refractivity contribution is 9.10. The highest BCUT2D eigenvalue weighted by Crippen LogP contribution is 2.37. The summed E-state index contributed by atoms with van der Waals surface area (Å²) in [6.07, 6.45) is -1.29. The molecule has 0 spiro atoms. The third-order valence-electron chi connectivity index (χ3n) is 2.99. The van der Waals surface area contributed by atoms with Gasteiger partial charge in [0, 0.05) is 22.8 Å². The lowest BCUT2D eigenvalue weighted by molar-refractivity contribution is -0.138. The van der Waals surface area contributed by atoms with Gasteiger partial charge in [-0.3, -0.25) is 4.68 Å². The molecule has 2 rings (SSSR count). The molecule has 2 N–H and O–H groups in total. The highest BCUT2D eigenvalue weighted by Gasteiger charge is 2.35. The molecule has 0 fully saturated rings. The van der Waals surface area contributed by atoms with Crippen molar-refractivity contribution in [3.8, 4) is 0 Å². The summed E-state index contributed by atoms with van der Waals surface area (Å²) in [6.45, 7) is 2.53. The third kappa shape index (κ3) is 3.04. The standard InChI is InChI=1S/C13H13BrF3N3/c1-2-20-7-8(6-19-20)12(18)10-4-3-9(14)5-11(10)13(15,16)17/h3-7,12H,2,18H2,1H3. The van der Waals surface area contributed by atoms with Crippen molar-refractivity contribution in [2.45, 2.75) is 25.7 Å². The van der Waals surface area contributed by atoms with Gasteiger partial charge < -0.3 is 5.73 Å². The fourth-order valence-corrected chi connectivity index (χ4v) is 2.30. The van der Waals surface area contributed by atoms with Crippen molar-refractivity contribution in [1.82, 2.24) is 9.78 Å². The molecule has 20 heavy (non-hydrogen) atoms. The van der Waals surface area contributed by atoms with Crippen LogP contribution in [0.25, 0.3) is 0 Å². The van der Waals surface area contributed by atoms with Crippen LogP contribution in [0.2, 0.25) is 0 Å². The second-order valence-corrected chi connectivity index (χ2v) is 5.25. The van der Waals surface area contributed by atoms with Gasteiger partial charge in [-0.1, -0.05) is 22.0 Å². The fourth-order valence-electron chi connectivity index (χ4n) is 1.94. The van der Waals surface area contributed by atoms with Gasteiger partial charge in [-0.15, -0.1) is 0 Å². The Balaban J connectivity index is 2.46. The molecule has 0 amide bonds. The molecule has 1 aromatic heterocycles. The molecule has 0 aliphatic carbocycles. The van der Waals surface area contributed by atoms with Crippen LogP contribution in [-0.2, 0) is 12.7 Å². The molecule has 0 aliphatic rings. The lowest BCUT2D eigenvalue weighted by Crippen LogP contribution is -2.18. The summed E-state index contributed by atoms with van der Waals surface area (Å²) in [5, 5.41) is 4.04. The van der Waals surface area contributed by atoms with Gasteiger partial charge in [0.05, 0.1) is 17.8 Å². The van der Waals surface area contributed by atoms with E-state index in [2.05, 4.69) is 21.0 Å². The van der Waals surface area contributed by atoms with Crippen molar-refractivity contribution in [2.75, 3.05) is 0 Å². The number of rotatable bonds is 3. The Morgan fingerprint density at radius 3 is 2.65 bits per heavy atom. The summed E-state index contributed by atoms with van der Waals surface area (Å²) in [5.74, 6) is 0. The van der Waals surface area contributed by atoms with Crippen LogP contribution in [0, 0.1) is 0 Å². The van der Waals surface area contributed by atoms with Crippen molar-refractivity contribution in [1.29, 1.82) is 0 Å². The zero-order valence-electron chi connectivity index (χ0n) is 10.7. The number of halogens is 4. The topological polar surface area (TPSA) is 43.8 Å². The number of hydrogen-bond acceptors (Lipinski definition) is 2. The molecule has 1 aromatic carbocycles. The second-order valence-electron chi connectivity index (χ2n) is 4.34. The first kappa shape index (κ1) is 15.1. The van der Waals surface area contributed by atoms with Gasteiger partial charge in [0.1, 0.15) is 0 Å². The van der Waals surface area contributed by atoms with Crippen molar-refractivity contribution >= 4 is 15.9 Å². The molecule has 2 aromatic rings. The van der Waals surface area contributed by atoms with Crippen LogP contribution in [0.1, 0.15) is 29.7 Å². The first-order chi connectivity index (χ1) is 9.32. The predicted molar refractivity (Wildman–Crippen MR) is 73.1 cm³/mol. The van der Waals surface area contributed by atoms with Crippen molar-refractivity contribution in [3.05, 3.63) is 51.8 Å². The van der Waals surface area contributed by atoms with Crippen molar-refractivity contribution < 1.29 is 13.2 Å².